The van der Waals surface area contributed by atoms with Gasteiger partial charge in [0.2, 0.25) is 0 Å². The standard InChI is InChI=1S/C17H25N5OS/c1-15-3-5-17(6-4-15)24(23)22(16-7-9-18-10-8-16)12-2-11-21-13-19-20-14-21/h3-6,13-14,16,18H,2,7-12H2,1H3. The molecule has 130 valence electrons. The molecule has 0 aliphatic carbocycles. The quantitative estimate of drug-likeness (QED) is 0.829. The van der Waals surface area contributed by atoms with Crippen molar-refractivity contribution in [2.45, 2.75) is 43.7 Å². The van der Waals surface area contributed by atoms with Crippen molar-refractivity contribution in [1.82, 2.24) is 24.4 Å². The van der Waals surface area contributed by atoms with E-state index in [2.05, 4.69) is 26.7 Å². The van der Waals surface area contributed by atoms with Gasteiger partial charge in [-0.25, -0.2) is 8.51 Å². The number of rotatable bonds is 7. The van der Waals surface area contributed by atoms with E-state index in [1.165, 1.54) is 5.56 Å². The van der Waals surface area contributed by atoms with E-state index < -0.39 is 11.0 Å². The lowest BCUT2D eigenvalue weighted by Gasteiger charge is -2.33. The maximum Gasteiger partial charge on any atom is 0.127 e. The molecule has 3 rings (SSSR count). The lowest BCUT2D eigenvalue weighted by atomic mass is 10.1. The lowest BCUT2D eigenvalue weighted by Crippen LogP contribution is -2.44. The third-order valence-corrected chi connectivity index (χ3v) is 6.00. The molecule has 1 fully saturated rings. The second-order valence-corrected chi connectivity index (χ2v) is 7.68. The van der Waals surface area contributed by atoms with Gasteiger partial charge in [0.25, 0.3) is 0 Å². The molecule has 0 amide bonds. The first kappa shape index (κ1) is 17.3. The van der Waals surface area contributed by atoms with E-state index in [1.807, 2.05) is 28.8 Å². The monoisotopic (exact) mass is 347 g/mol. The van der Waals surface area contributed by atoms with Crippen LogP contribution >= 0.6 is 0 Å². The molecule has 1 unspecified atom stereocenters. The summed E-state index contributed by atoms with van der Waals surface area (Å²) >= 11 is 0. The van der Waals surface area contributed by atoms with Gasteiger partial charge in [0.1, 0.15) is 23.6 Å². The second-order valence-electron chi connectivity index (χ2n) is 6.24. The normalized spacial score (nSPS) is 17.2. The third-order valence-electron chi connectivity index (χ3n) is 4.41. The molecule has 1 atom stereocenters. The molecular formula is C17H25N5OS. The SMILES string of the molecule is Cc1ccc(S(=O)N(CCCn2cnnc2)C2CCNCC2)cc1. The molecule has 2 aromatic rings. The Kier molecular flexibility index (Phi) is 6.12. The predicted octanol–water partition coefficient (Wildman–Crippen LogP) is 1.75. The Hall–Kier alpha value is -1.57. The van der Waals surface area contributed by atoms with Gasteiger partial charge in [0, 0.05) is 19.1 Å². The summed E-state index contributed by atoms with van der Waals surface area (Å²) in [5.74, 6) is 0. The van der Waals surface area contributed by atoms with E-state index in [-0.39, 0.29) is 0 Å². The van der Waals surface area contributed by atoms with Crippen molar-refractivity contribution < 1.29 is 4.21 Å². The van der Waals surface area contributed by atoms with Crippen LogP contribution in [0.5, 0.6) is 0 Å². The zero-order valence-corrected chi connectivity index (χ0v) is 14.9. The van der Waals surface area contributed by atoms with E-state index in [1.54, 1.807) is 12.7 Å². The van der Waals surface area contributed by atoms with Crippen molar-refractivity contribution in [1.29, 1.82) is 0 Å². The van der Waals surface area contributed by atoms with E-state index in [0.29, 0.717) is 6.04 Å². The van der Waals surface area contributed by atoms with Crippen LogP contribution in [0.2, 0.25) is 0 Å². The number of nitrogens with zero attached hydrogens (tertiary/aromatic N) is 4. The van der Waals surface area contributed by atoms with Gasteiger partial charge in [0.15, 0.2) is 0 Å². The number of piperidine rings is 1. The van der Waals surface area contributed by atoms with Crippen LogP contribution in [0.25, 0.3) is 0 Å². The summed E-state index contributed by atoms with van der Waals surface area (Å²) in [4.78, 5) is 0.892. The highest BCUT2D eigenvalue weighted by atomic mass is 32.2. The van der Waals surface area contributed by atoms with Crippen molar-refractivity contribution in [2.75, 3.05) is 19.6 Å². The van der Waals surface area contributed by atoms with Crippen LogP contribution in [0.3, 0.4) is 0 Å². The molecule has 1 saturated heterocycles. The smallest absolute Gasteiger partial charge is 0.127 e. The van der Waals surface area contributed by atoms with Gasteiger partial charge in [-0.05, 0) is 51.4 Å². The minimum absolute atomic E-state index is 0.370. The first-order valence-electron chi connectivity index (χ1n) is 8.52. The Morgan fingerprint density at radius 1 is 1.21 bits per heavy atom. The van der Waals surface area contributed by atoms with E-state index in [9.17, 15) is 4.21 Å². The number of aromatic nitrogens is 3. The van der Waals surface area contributed by atoms with Gasteiger partial charge < -0.3 is 9.88 Å². The predicted molar refractivity (Wildman–Crippen MR) is 94.8 cm³/mol. The zero-order chi connectivity index (χ0) is 16.8. The Morgan fingerprint density at radius 3 is 2.54 bits per heavy atom. The van der Waals surface area contributed by atoms with Gasteiger partial charge in [-0.1, -0.05) is 17.7 Å². The summed E-state index contributed by atoms with van der Waals surface area (Å²) in [6, 6.07) is 8.41. The number of hydrogen-bond acceptors (Lipinski definition) is 4. The van der Waals surface area contributed by atoms with Crippen LogP contribution in [0.1, 0.15) is 24.8 Å². The molecule has 6 nitrogen and oxygen atoms in total. The maximum atomic E-state index is 13.1. The fourth-order valence-electron chi connectivity index (χ4n) is 3.03. The molecule has 1 N–H and O–H groups in total. The number of aryl methyl sites for hydroxylation is 2. The van der Waals surface area contributed by atoms with Gasteiger partial charge >= 0.3 is 0 Å². The third kappa shape index (κ3) is 4.49. The molecule has 0 radical (unpaired) electrons. The Bertz CT molecular complexity index is 638. The van der Waals surface area contributed by atoms with E-state index in [4.69, 9.17) is 0 Å². The van der Waals surface area contributed by atoms with Gasteiger partial charge in [-0.15, -0.1) is 10.2 Å². The summed E-state index contributed by atoms with van der Waals surface area (Å²) in [6.45, 7) is 5.70. The molecule has 1 aromatic carbocycles. The van der Waals surface area contributed by atoms with Crippen LogP contribution < -0.4 is 5.32 Å². The number of hydrogen-bond donors (Lipinski definition) is 1. The second kappa shape index (κ2) is 8.50. The summed E-state index contributed by atoms with van der Waals surface area (Å²) in [6.07, 6.45) is 6.48. The number of nitrogens with one attached hydrogen (secondary N) is 1. The number of benzene rings is 1. The summed E-state index contributed by atoms with van der Waals surface area (Å²) in [5, 5.41) is 11.1. The minimum Gasteiger partial charge on any atom is -0.320 e. The average molecular weight is 347 g/mol. The van der Waals surface area contributed by atoms with Crippen LogP contribution in [-0.4, -0.2) is 49.0 Å². The van der Waals surface area contributed by atoms with Gasteiger partial charge in [-0.2, -0.15) is 0 Å². The van der Waals surface area contributed by atoms with E-state index >= 15 is 0 Å². The molecule has 1 aliphatic heterocycles. The average Bonchev–Trinajstić information content (AvgIpc) is 3.13. The fourth-order valence-corrected chi connectivity index (χ4v) is 4.45. The minimum atomic E-state index is -1.11. The highest BCUT2D eigenvalue weighted by Crippen LogP contribution is 2.20. The van der Waals surface area contributed by atoms with Crippen molar-refractivity contribution in [3.8, 4) is 0 Å². The molecule has 1 aliphatic rings. The Morgan fingerprint density at radius 2 is 1.88 bits per heavy atom. The van der Waals surface area contributed by atoms with Crippen LogP contribution in [0.4, 0.5) is 0 Å². The molecule has 24 heavy (non-hydrogen) atoms. The van der Waals surface area contributed by atoms with Crippen molar-refractivity contribution in [3.63, 3.8) is 0 Å². The fraction of sp³-hybridized carbons (Fsp3) is 0.529. The highest BCUT2D eigenvalue weighted by Gasteiger charge is 2.26. The molecule has 2 heterocycles. The van der Waals surface area contributed by atoms with Crippen molar-refractivity contribution in [3.05, 3.63) is 42.5 Å². The topological polar surface area (TPSA) is 63.1 Å². The molecule has 7 heteroatoms. The van der Waals surface area contributed by atoms with Gasteiger partial charge in [-0.3, -0.25) is 0 Å². The lowest BCUT2D eigenvalue weighted by molar-refractivity contribution is 0.267. The van der Waals surface area contributed by atoms with Crippen LogP contribution in [0, 0.1) is 6.92 Å². The molecular weight excluding hydrogens is 322 g/mol. The largest absolute Gasteiger partial charge is 0.320 e. The zero-order valence-electron chi connectivity index (χ0n) is 14.1. The van der Waals surface area contributed by atoms with Crippen molar-refractivity contribution in [2.24, 2.45) is 0 Å². The van der Waals surface area contributed by atoms with Crippen LogP contribution in [-0.2, 0) is 17.5 Å². The first-order chi connectivity index (χ1) is 11.7. The first-order valence-corrected chi connectivity index (χ1v) is 9.63. The molecule has 0 spiro atoms. The Balaban J connectivity index is 1.68. The molecule has 0 bridgehead atoms. The van der Waals surface area contributed by atoms with E-state index in [0.717, 1.165) is 50.3 Å². The summed E-state index contributed by atoms with van der Waals surface area (Å²) < 4.78 is 17.3. The summed E-state index contributed by atoms with van der Waals surface area (Å²) in [7, 11) is -1.11. The maximum absolute atomic E-state index is 13.1. The highest BCUT2D eigenvalue weighted by molar-refractivity contribution is 7.82. The van der Waals surface area contributed by atoms with Crippen LogP contribution in [0.15, 0.2) is 41.8 Å². The summed E-state index contributed by atoms with van der Waals surface area (Å²) in [5.41, 5.74) is 1.19. The van der Waals surface area contributed by atoms with Crippen molar-refractivity contribution >= 4 is 11.0 Å². The Labute approximate surface area is 145 Å². The molecule has 1 aromatic heterocycles. The van der Waals surface area contributed by atoms with Gasteiger partial charge in [0.05, 0.1) is 4.90 Å². The molecule has 0 saturated carbocycles.